The Balaban J connectivity index is 1.87. The molecule has 0 aliphatic heterocycles. The number of halogens is 1. The predicted molar refractivity (Wildman–Crippen MR) is 76.5 cm³/mol. The third-order valence-electron chi connectivity index (χ3n) is 3.65. The van der Waals surface area contributed by atoms with E-state index in [4.69, 9.17) is 16.1 Å². The molecule has 1 fully saturated rings. The molecule has 0 saturated heterocycles. The second-order valence-corrected chi connectivity index (χ2v) is 5.46. The Bertz CT molecular complexity index is 630. The van der Waals surface area contributed by atoms with Crippen molar-refractivity contribution in [3.05, 3.63) is 41.0 Å². The maximum atomic E-state index is 12.1. The number of carbonyl (C=O) groups is 1. The molecule has 1 aromatic heterocycles. The van der Waals surface area contributed by atoms with Gasteiger partial charge in [0.15, 0.2) is 5.76 Å². The molecule has 2 aromatic rings. The Hall–Kier alpha value is -1.81. The normalized spacial score (nSPS) is 15.9. The van der Waals surface area contributed by atoms with Gasteiger partial charge in [-0.15, -0.1) is 0 Å². The van der Waals surface area contributed by atoms with Crippen LogP contribution in [0.1, 0.15) is 25.5 Å². The molecule has 5 heteroatoms. The number of aromatic nitrogens is 1. The highest BCUT2D eigenvalue weighted by atomic mass is 35.5. The number of benzene rings is 1. The van der Waals surface area contributed by atoms with Crippen molar-refractivity contribution in [3.8, 4) is 11.3 Å². The van der Waals surface area contributed by atoms with E-state index >= 15 is 0 Å². The van der Waals surface area contributed by atoms with Crippen molar-refractivity contribution in [2.75, 3.05) is 6.54 Å². The van der Waals surface area contributed by atoms with Crippen molar-refractivity contribution in [2.24, 2.45) is 0 Å². The summed E-state index contributed by atoms with van der Waals surface area (Å²) in [5.74, 6) is 0.697. The van der Waals surface area contributed by atoms with Crippen LogP contribution in [0, 0.1) is 0 Å². The second kappa shape index (κ2) is 4.94. The van der Waals surface area contributed by atoms with E-state index < -0.39 is 5.41 Å². The molecule has 20 heavy (non-hydrogen) atoms. The van der Waals surface area contributed by atoms with Gasteiger partial charge in [0.2, 0.25) is 5.91 Å². The number of hydrogen-bond acceptors (Lipinski definition) is 3. The van der Waals surface area contributed by atoms with Crippen molar-refractivity contribution >= 4 is 17.5 Å². The lowest BCUT2D eigenvalue weighted by molar-refractivity contribution is -0.123. The summed E-state index contributed by atoms with van der Waals surface area (Å²) in [6.45, 7) is 2.54. The average molecular weight is 291 g/mol. The van der Waals surface area contributed by atoms with E-state index in [1.807, 2.05) is 25.1 Å². The van der Waals surface area contributed by atoms with Crippen LogP contribution in [-0.2, 0) is 10.2 Å². The molecule has 0 spiro atoms. The minimum Gasteiger partial charge on any atom is -0.356 e. The molecule has 0 radical (unpaired) electrons. The third kappa shape index (κ3) is 2.20. The number of nitrogens with one attached hydrogen (secondary N) is 1. The first kappa shape index (κ1) is 13.2. The van der Waals surface area contributed by atoms with E-state index in [0.717, 1.165) is 18.4 Å². The maximum absolute atomic E-state index is 12.1. The smallest absolute Gasteiger partial charge is 0.232 e. The molecule has 4 nitrogen and oxygen atoms in total. The zero-order valence-electron chi connectivity index (χ0n) is 11.1. The molecule has 1 aromatic carbocycles. The number of nitrogens with zero attached hydrogens (tertiary/aromatic N) is 1. The van der Waals surface area contributed by atoms with Gasteiger partial charge in [0.05, 0.1) is 11.1 Å². The van der Waals surface area contributed by atoms with Gasteiger partial charge in [0.1, 0.15) is 0 Å². The van der Waals surface area contributed by atoms with Crippen LogP contribution in [-0.4, -0.2) is 17.6 Å². The van der Waals surface area contributed by atoms with Crippen molar-refractivity contribution in [3.63, 3.8) is 0 Å². The van der Waals surface area contributed by atoms with Crippen LogP contribution < -0.4 is 5.32 Å². The van der Waals surface area contributed by atoms with Gasteiger partial charge in [0, 0.05) is 23.2 Å². The molecular formula is C15H15ClN2O2. The topological polar surface area (TPSA) is 55.1 Å². The van der Waals surface area contributed by atoms with Crippen LogP contribution in [0.25, 0.3) is 11.3 Å². The maximum Gasteiger partial charge on any atom is 0.232 e. The summed E-state index contributed by atoms with van der Waals surface area (Å²) in [5, 5.41) is 7.62. The highest BCUT2D eigenvalue weighted by Gasteiger charge is 2.53. The highest BCUT2D eigenvalue weighted by Crippen LogP contribution is 2.48. The lowest BCUT2D eigenvalue weighted by Gasteiger charge is -2.10. The lowest BCUT2D eigenvalue weighted by Crippen LogP contribution is -2.34. The van der Waals surface area contributed by atoms with Gasteiger partial charge in [-0.05, 0) is 44.0 Å². The summed E-state index contributed by atoms with van der Waals surface area (Å²) >= 11 is 5.86. The van der Waals surface area contributed by atoms with E-state index in [1.54, 1.807) is 12.1 Å². The summed E-state index contributed by atoms with van der Waals surface area (Å²) in [6.07, 6.45) is 1.65. The Morgan fingerprint density at radius 3 is 2.70 bits per heavy atom. The molecule has 1 N–H and O–H groups in total. The summed E-state index contributed by atoms with van der Waals surface area (Å²) in [4.78, 5) is 12.1. The van der Waals surface area contributed by atoms with Crippen molar-refractivity contribution in [1.29, 1.82) is 0 Å². The van der Waals surface area contributed by atoms with E-state index in [2.05, 4.69) is 10.5 Å². The quantitative estimate of drug-likeness (QED) is 0.941. The number of hydrogen-bond donors (Lipinski definition) is 1. The number of rotatable bonds is 4. The van der Waals surface area contributed by atoms with Crippen LogP contribution in [0.5, 0.6) is 0 Å². The lowest BCUT2D eigenvalue weighted by atomic mass is 10.0. The van der Waals surface area contributed by atoms with Gasteiger partial charge in [-0.25, -0.2) is 0 Å². The first-order chi connectivity index (χ1) is 9.65. The third-order valence-corrected chi connectivity index (χ3v) is 3.90. The Labute approximate surface area is 122 Å². The Morgan fingerprint density at radius 1 is 1.40 bits per heavy atom. The van der Waals surface area contributed by atoms with Gasteiger partial charge in [0.25, 0.3) is 0 Å². The van der Waals surface area contributed by atoms with Crippen molar-refractivity contribution in [1.82, 2.24) is 10.5 Å². The second-order valence-electron chi connectivity index (χ2n) is 5.02. The molecule has 3 rings (SSSR count). The van der Waals surface area contributed by atoms with Gasteiger partial charge in [-0.2, -0.15) is 0 Å². The zero-order chi connectivity index (χ0) is 14.2. The molecule has 0 bridgehead atoms. The molecule has 1 amide bonds. The summed E-state index contributed by atoms with van der Waals surface area (Å²) in [6, 6.07) is 9.20. The van der Waals surface area contributed by atoms with Crippen LogP contribution in [0.2, 0.25) is 5.02 Å². The van der Waals surface area contributed by atoms with Crippen LogP contribution >= 0.6 is 11.6 Å². The minimum atomic E-state index is -0.482. The zero-order valence-corrected chi connectivity index (χ0v) is 11.9. The van der Waals surface area contributed by atoms with Gasteiger partial charge in [-0.1, -0.05) is 16.8 Å². The van der Waals surface area contributed by atoms with E-state index in [9.17, 15) is 4.79 Å². The van der Waals surface area contributed by atoms with Crippen molar-refractivity contribution < 1.29 is 9.32 Å². The van der Waals surface area contributed by atoms with Crippen LogP contribution in [0.15, 0.2) is 34.9 Å². The Kier molecular flexibility index (Phi) is 3.26. The highest BCUT2D eigenvalue weighted by molar-refractivity contribution is 6.30. The monoisotopic (exact) mass is 290 g/mol. The SMILES string of the molecule is CCNC(=O)C1(c2cc(-c3ccc(Cl)cc3)on2)CC1. The number of likely N-dealkylation sites (N-methyl/N-ethyl adjacent to an activating group) is 1. The summed E-state index contributed by atoms with van der Waals surface area (Å²) in [5.41, 5.74) is 1.14. The molecule has 104 valence electrons. The molecule has 0 atom stereocenters. The van der Waals surface area contributed by atoms with E-state index in [1.165, 1.54) is 0 Å². The van der Waals surface area contributed by atoms with Gasteiger partial charge >= 0.3 is 0 Å². The molecule has 1 heterocycles. The van der Waals surface area contributed by atoms with Gasteiger partial charge < -0.3 is 9.84 Å². The average Bonchev–Trinajstić information content (AvgIpc) is 3.12. The predicted octanol–water partition coefficient (Wildman–Crippen LogP) is 3.16. The largest absolute Gasteiger partial charge is 0.356 e. The van der Waals surface area contributed by atoms with E-state index in [0.29, 0.717) is 23.0 Å². The number of carbonyl (C=O) groups excluding carboxylic acids is 1. The number of amides is 1. The molecule has 1 saturated carbocycles. The Morgan fingerprint density at radius 2 is 2.10 bits per heavy atom. The van der Waals surface area contributed by atoms with Crippen LogP contribution in [0.4, 0.5) is 0 Å². The first-order valence-electron chi connectivity index (χ1n) is 6.67. The first-order valence-corrected chi connectivity index (χ1v) is 7.05. The van der Waals surface area contributed by atoms with E-state index in [-0.39, 0.29) is 5.91 Å². The summed E-state index contributed by atoms with van der Waals surface area (Å²) in [7, 11) is 0. The molecular weight excluding hydrogens is 276 g/mol. The van der Waals surface area contributed by atoms with Crippen LogP contribution in [0.3, 0.4) is 0 Å². The molecule has 0 unspecified atom stereocenters. The summed E-state index contributed by atoms with van der Waals surface area (Å²) < 4.78 is 5.37. The van der Waals surface area contributed by atoms with Gasteiger partial charge in [-0.3, -0.25) is 4.79 Å². The minimum absolute atomic E-state index is 0.0379. The van der Waals surface area contributed by atoms with Crippen molar-refractivity contribution in [2.45, 2.75) is 25.2 Å². The molecule has 1 aliphatic rings. The fraction of sp³-hybridized carbons (Fsp3) is 0.333. The fourth-order valence-corrected chi connectivity index (χ4v) is 2.43. The molecule has 1 aliphatic carbocycles. The standard InChI is InChI=1S/C15H15ClN2O2/c1-2-17-14(19)15(7-8-15)13-9-12(20-18-13)10-3-5-11(16)6-4-10/h3-6,9H,2,7-8H2,1H3,(H,17,19). The fourth-order valence-electron chi connectivity index (χ4n) is 2.31.